The van der Waals surface area contributed by atoms with Crippen molar-refractivity contribution in [2.24, 2.45) is 0 Å². The van der Waals surface area contributed by atoms with Gasteiger partial charge in [0.1, 0.15) is 17.3 Å². The van der Waals surface area contributed by atoms with Crippen LogP contribution >= 0.6 is 0 Å². The Morgan fingerprint density at radius 3 is 1.54 bits per heavy atom. The van der Waals surface area contributed by atoms with Crippen LogP contribution in [0.3, 0.4) is 0 Å². The number of carbonyl (C=O) groups excluding carboxylic acids is 2. The molecule has 1 heterocycles. The first-order valence-corrected chi connectivity index (χ1v) is 7.11. The molecule has 24 heavy (non-hydrogen) atoms. The van der Waals surface area contributed by atoms with E-state index in [1.54, 1.807) is 0 Å². The van der Waals surface area contributed by atoms with Crippen LogP contribution < -0.4 is 0 Å². The smallest absolute Gasteiger partial charge is 0.211 e. The quantitative estimate of drug-likeness (QED) is 0.686. The summed E-state index contributed by atoms with van der Waals surface area (Å²) in [6, 6.07) is 13.2. The van der Waals surface area contributed by atoms with E-state index in [4.69, 9.17) is 0 Å². The molecule has 0 aliphatic rings. The van der Waals surface area contributed by atoms with Crippen LogP contribution in [0.5, 0.6) is 0 Å². The summed E-state index contributed by atoms with van der Waals surface area (Å²) in [5, 5.41) is 0. The number of aromatic nitrogens is 1. The molecule has 0 amide bonds. The lowest BCUT2D eigenvalue weighted by Gasteiger charge is -2.03. The SMILES string of the molecule is O=C(c1ccc(F)cc1)c1ccc(C(=O)c2ccc(F)cc2)nc1. The van der Waals surface area contributed by atoms with Crippen molar-refractivity contribution in [3.05, 3.63) is 101 Å². The van der Waals surface area contributed by atoms with E-state index in [0.717, 1.165) is 0 Å². The lowest BCUT2D eigenvalue weighted by atomic mass is 10.0. The third-order valence-electron chi connectivity index (χ3n) is 3.47. The molecule has 2 aromatic carbocycles. The Bertz CT molecular complexity index is 810. The molecular formula is C19H11F2NO2. The largest absolute Gasteiger partial charge is 0.289 e. The number of benzene rings is 2. The van der Waals surface area contributed by atoms with Gasteiger partial charge in [0.15, 0.2) is 5.78 Å². The molecule has 5 heteroatoms. The monoisotopic (exact) mass is 323 g/mol. The molecule has 0 unspecified atom stereocenters. The molecule has 3 nitrogen and oxygen atoms in total. The van der Waals surface area contributed by atoms with E-state index in [9.17, 15) is 18.4 Å². The molecule has 0 N–H and O–H groups in total. The summed E-state index contributed by atoms with van der Waals surface area (Å²) in [6.45, 7) is 0. The van der Waals surface area contributed by atoms with E-state index in [1.807, 2.05) is 0 Å². The molecule has 3 rings (SSSR count). The first-order chi connectivity index (χ1) is 11.5. The molecule has 1 aromatic heterocycles. The van der Waals surface area contributed by atoms with Crippen LogP contribution in [0.2, 0.25) is 0 Å². The Morgan fingerprint density at radius 1 is 0.625 bits per heavy atom. The number of hydrogen-bond acceptors (Lipinski definition) is 3. The molecule has 0 atom stereocenters. The summed E-state index contributed by atoms with van der Waals surface area (Å²) >= 11 is 0. The maximum absolute atomic E-state index is 12.9. The van der Waals surface area contributed by atoms with Crippen LogP contribution in [-0.4, -0.2) is 16.6 Å². The minimum Gasteiger partial charge on any atom is -0.289 e. The summed E-state index contributed by atoms with van der Waals surface area (Å²) in [6.07, 6.45) is 1.29. The van der Waals surface area contributed by atoms with Gasteiger partial charge < -0.3 is 0 Å². The van der Waals surface area contributed by atoms with Gasteiger partial charge in [-0.3, -0.25) is 14.6 Å². The normalized spacial score (nSPS) is 10.4. The first kappa shape index (κ1) is 15.7. The van der Waals surface area contributed by atoms with Gasteiger partial charge in [0.25, 0.3) is 0 Å². The van der Waals surface area contributed by atoms with Crippen LogP contribution in [0, 0.1) is 11.6 Å². The minimum absolute atomic E-state index is 0.150. The van der Waals surface area contributed by atoms with Crippen molar-refractivity contribution in [2.45, 2.75) is 0 Å². The van der Waals surface area contributed by atoms with Crippen molar-refractivity contribution in [2.75, 3.05) is 0 Å². The fraction of sp³-hybridized carbons (Fsp3) is 0. The predicted molar refractivity (Wildman–Crippen MR) is 83.9 cm³/mol. The molecule has 0 aliphatic carbocycles. The number of ketones is 2. The van der Waals surface area contributed by atoms with Gasteiger partial charge in [-0.15, -0.1) is 0 Å². The summed E-state index contributed by atoms with van der Waals surface area (Å²) in [5.41, 5.74) is 1.08. The number of carbonyl (C=O) groups is 2. The predicted octanol–water partition coefficient (Wildman–Crippen LogP) is 3.82. The lowest BCUT2D eigenvalue weighted by molar-refractivity contribution is 0.102. The molecular weight excluding hydrogens is 312 g/mol. The van der Waals surface area contributed by atoms with E-state index < -0.39 is 11.6 Å². The summed E-state index contributed by atoms with van der Waals surface area (Å²) < 4.78 is 25.8. The van der Waals surface area contributed by atoms with E-state index in [0.29, 0.717) is 11.1 Å². The highest BCUT2D eigenvalue weighted by Gasteiger charge is 2.13. The van der Waals surface area contributed by atoms with Crippen molar-refractivity contribution < 1.29 is 18.4 Å². The Morgan fingerprint density at radius 2 is 1.08 bits per heavy atom. The van der Waals surface area contributed by atoms with Crippen LogP contribution in [0.1, 0.15) is 32.0 Å². The van der Waals surface area contributed by atoms with Crippen molar-refractivity contribution in [1.29, 1.82) is 0 Å². The molecule has 0 bridgehead atoms. The zero-order chi connectivity index (χ0) is 17.1. The molecule has 0 spiro atoms. The zero-order valence-electron chi connectivity index (χ0n) is 12.4. The van der Waals surface area contributed by atoms with Crippen LogP contribution in [0.4, 0.5) is 8.78 Å². The summed E-state index contributed by atoms with van der Waals surface area (Å²) in [4.78, 5) is 28.5. The second-order valence-electron chi connectivity index (χ2n) is 5.10. The average molecular weight is 323 g/mol. The molecule has 0 saturated carbocycles. The van der Waals surface area contributed by atoms with Gasteiger partial charge in [-0.05, 0) is 60.7 Å². The third-order valence-corrected chi connectivity index (χ3v) is 3.47. The highest BCUT2D eigenvalue weighted by molar-refractivity contribution is 6.10. The van der Waals surface area contributed by atoms with Crippen LogP contribution in [0.15, 0.2) is 66.9 Å². The van der Waals surface area contributed by atoms with Gasteiger partial charge in [0.05, 0.1) is 0 Å². The van der Waals surface area contributed by atoms with E-state index in [1.165, 1.54) is 66.9 Å². The summed E-state index contributed by atoms with van der Waals surface area (Å²) in [7, 11) is 0. The second kappa shape index (κ2) is 6.50. The Kier molecular flexibility index (Phi) is 4.24. The fourth-order valence-electron chi connectivity index (χ4n) is 2.18. The first-order valence-electron chi connectivity index (χ1n) is 7.11. The van der Waals surface area contributed by atoms with Crippen molar-refractivity contribution >= 4 is 11.6 Å². The number of pyridine rings is 1. The standard InChI is InChI=1S/C19H11F2NO2/c20-15-6-1-12(2-7-15)18(23)14-5-10-17(22-11-14)19(24)13-3-8-16(21)9-4-13/h1-11H. The van der Waals surface area contributed by atoms with Gasteiger partial charge >= 0.3 is 0 Å². The average Bonchev–Trinajstić information content (AvgIpc) is 2.62. The molecule has 0 aliphatic heterocycles. The number of rotatable bonds is 4. The van der Waals surface area contributed by atoms with Gasteiger partial charge in [-0.25, -0.2) is 8.78 Å². The fourth-order valence-corrected chi connectivity index (χ4v) is 2.18. The highest BCUT2D eigenvalue weighted by Crippen LogP contribution is 2.13. The third kappa shape index (κ3) is 3.25. The van der Waals surface area contributed by atoms with E-state index in [2.05, 4.69) is 4.98 Å². The minimum atomic E-state index is -0.431. The molecule has 0 radical (unpaired) electrons. The van der Waals surface area contributed by atoms with E-state index >= 15 is 0 Å². The molecule has 0 fully saturated rings. The van der Waals surface area contributed by atoms with Crippen molar-refractivity contribution in [1.82, 2.24) is 4.98 Å². The number of nitrogens with zero attached hydrogens (tertiary/aromatic N) is 1. The Hall–Kier alpha value is -3.21. The number of halogens is 2. The van der Waals surface area contributed by atoms with Crippen molar-refractivity contribution in [3.63, 3.8) is 0 Å². The number of hydrogen-bond donors (Lipinski definition) is 0. The Balaban J connectivity index is 1.82. The molecule has 0 saturated heterocycles. The van der Waals surface area contributed by atoms with Crippen LogP contribution in [0.25, 0.3) is 0 Å². The van der Waals surface area contributed by atoms with Gasteiger partial charge in [0.2, 0.25) is 5.78 Å². The molecule has 118 valence electrons. The molecule has 3 aromatic rings. The van der Waals surface area contributed by atoms with Crippen LogP contribution in [-0.2, 0) is 0 Å². The Labute approximate surface area is 136 Å². The topological polar surface area (TPSA) is 47.0 Å². The van der Waals surface area contributed by atoms with E-state index in [-0.39, 0.29) is 22.8 Å². The maximum Gasteiger partial charge on any atom is 0.211 e. The second-order valence-corrected chi connectivity index (χ2v) is 5.10. The zero-order valence-corrected chi connectivity index (χ0v) is 12.4. The maximum atomic E-state index is 12.9. The van der Waals surface area contributed by atoms with Gasteiger partial charge in [-0.1, -0.05) is 0 Å². The summed E-state index contributed by atoms with van der Waals surface area (Å²) in [5.74, 6) is -1.54. The van der Waals surface area contributed by atoms with Gasteiger partial charge in [0, 0.05) is 22.9 Å². The van der Waals surface area contributed by atoms with Crippen molar-refractivity contribution in [3.8, 4) is 0 Å². The highest BCUT2D eigenvalue weighted by atomic mass is 19.1. The van der Waals surface area contributed by atoms with Gasteiger partial charge in [-0.2, -0.15) is 0 Å². The lowest BCUT2D eigenvalue weighted by Crippen LogP contribution is -2.07.